The lowest BCUT2D eigenvalue weighted by molar-refractivity contribution is -0.121. The first-order chi connectivity index (χ1) is 13.1. The van der Waals surface area contributed by atoms with Crippen molar-refractivity contribution >= 4 is 11.9 Å². The van der Waals surface area contributed by atoms with Gasteiger partial charge in [0.2, 0.25) is 5.91 Å². The first kappa shape index (κ1) is 21.1. The lowest BCUT2D eigenvalue weighted by atomic mass is 9.95. The molecule has 0 radical (unpaired) electrons. The molecule has 2 rings (SSSR count). The van der Waals surface area contributed by atoms with Gasteiger partial charge in [-0.15, -0.1) is 0 Å². The number of hydrogen-bond donors (Lipinski definition) is 3. The number of aliphatic imine (C=N–C) groups is 1. The number of nitrogens with one attached hydrogen (secondary N) is 3. The SMILES string of the molecule is CN=C(NCCC(=O)NC1CCCCC1)NCC(C)Oc1ccccc1C. The minimum Gasteiger partial charge on any atom is -0.489 e. The maximum Gasteiger partial charge on any atom is 0.221 e. The molecule has 27 heavy (non-hydrogen) atoms. The van der Waals surface area contributed by atoms with Crippen molar-refractivity contribution in [1.82, 2.24) is 16.0 Å². The van der Waals surface area contributed by atoms with Crippen LogP contribution < -0.4 is 20.7 Å². The number of guanidine groups is 1. The largest absolute Gasteiger partial charge is 0.489 e. The summed E-state index contributed by atoms with van der Waals surface area (Å²) in [5, 5.41) is 9.57. The van der Waals surface area contributed by atoms with E-state index in [0.29, 0.717) is 31.5 Å². The van der Waals surface area contributed by atoms with Crippen LogP contribution in [0.25, 0.3) is 0 Å². The van der Waals surface area contributed by atoms with E-state index < -0.39 is 0 Å². The zero-order valence-electron chi connectivity index (χ0n) is 16.9. The van der Waals surface area contributed by atoms with E-state index in [-0.39, 0.29) is 12.0 Å². The number of benzene rings is 1. The fourth-order valence-electron chi connectivity index (χ4n) is 3.25. The van der Waals surface area contributed by atoms with Gasteiger partial charge in [0.05, 0.1) is 6.54 Å². The quantitative estimate of drug-likeness (QED) is 0.483. The minimum absolute atomic E-state index is 0.000694. The van der Waals surface area contributed by atoms with Crippen molar-refractivity contribution in [1.29, 1.82) is 0 Å². The average Bonchev–Trinajstić information content (AvgIpc) is 2.67. The second-order valence-electron chi connectivity index (χ2n) is 7.23. The smallest absolute Gasteiger partial charge is 0.221 e. The third-order valence-electron chi connectivity index (χ3n) is 4.82. The molecule has 0 aliphatic heterocycles. The predicted molar refractivity (Wildman–Crippen MR) is 110 cm³/mol. The van der Waals surface area contributed by atoms with E-state index in [1.807, 2.05) is 38.1 Å². The van der Waals surface area contributed by atoms with Crippen LogP contribution >= 0.6 is 0 Å². The molecule has 6 nitrogen and oxygen atoms in total. The summed E-state index contributed by atoms with van der Waals surface area (Å²) >= 11 is 0. The number of aryl methyl sites for hydroxylation is 1. The second-order valence-corrected chi connectivity index (χ2v) is 7.23. The van der Waals surface area contributed by atoms with Crippen molar-refractivity contribution < 1.29 is 9.53 Å². The van der Waals surface area contributed by atoms with Gasteiger partial charge in [0.1, 0.15) is 11.9 Å². The second kappa shape index (κ2) is 11.5. The number of hydrogen-bond acceptors (Lipinski definition) is 3. The Bertz CT molecular complexity index is 612. The van der Waals surface area contributed by atoms with E-state index >= 15 is 0 Å². The van der Waals surface area contributed by atoms with Gasteiger partial charge in [0.15, 0.2) is 5.96 Å². The number of para-hydroxylation sites is 1. The van der Waals surface area contributed by atoms with Crippen LogP contribution in [0.4, 0.5) is 0 Å². The Kier molecular flexibility index (Phi) is 8.95. The van der Waals surface area contributed by atoms with Crippen molar-refractivity contribution in [3.8, 4) is 5.75 Å². The molecule has 1 aromatic rings. The van der Waals surface area contributed by atoms with E-state index in [1.165, 1.54) is 19.3 Å². The van der Waals surface area contributed by atoms with Gasteiger partial charge >= 0.3 is 0 Å². The number of amides is 1. The van der Waals surface area contributed by atoms with Crippen molar-refractivity contribution in [3.63, 3.8) is 0 Å². The maximum atomic E-state index is 12.1. The number of nitrogens with zero attached hydrogens (tertiary/aromatic N) is 1. The Morgan fingerprint density at radius 2 is 1.96 bits per heavy atom. The van der Waals surface area contributed by atoms with E-state index in [2.05, 4.69) is 20.9 Å². The Morgan fingerprint density at radius 3 is 2.67 bits per heavy atom. The van der Waals surface area contributed by atoms with Gasteiger partial charge in [-0.05, 0) is 38.3 Å². The lowest BCUT2D eigenvalue weighted by Gasteiger charge is -2.23. The first-order valence-electron chi connectivity index (χ1n) is 10.0. The monoisotopic (exact) mass is 374 g/mol. The van der Waals surface area contributed by atoms with Gasteiger partial charge in [0, 0.05) is 26.1 Å². The highest BCUT2D eigenvalue weighted by atomic mass is 16.5. The molecule has 1 aliphatic carbocycles. The molecule has 3 N–H and O–H groups in total. The van der Waals surface area contributed by atoms with Gasteiger partial charge in [-0.1, -0.05) is 37.5 Å². The molecular weight excluding hydrogens is 340 g/mol. The summed E-state index contributed by atoms with van der Waals surface area (Å²) in [7, 11) is 1.73. The Hall–Kier alpha value is -2.24. The molecule has 1 aliphatic rings. The summed E-state index contributed by atoms with van der Waals surface area (Å²) in [5.74, 6) is 1.69. The van der Waals surface area contributed by atoms with Crippen molar-refractivity contribution in [3.05, 3.63) is 29.8 Å². The van der Waals surface area contributed by atoms with Gasteiger partial charge in [-0.25, -0.2) is 0 Å². The highest BCUT2D eigenvalue weighted by Crippen LogP contribution is 2.18. The van der Waals surface area contributed by atoms with Gasteiger partial charge in [-0.2, -0.15) is 0 Å². The van der Waals surface area contributed by atoms with Crippen LogP contribution in [0.2, 0.25) is 0 Å². The normalized spacial score (nSPS) is 16.5. The summed E-state index contributed by atoms with van der Waals surface area (Å²) in [4.78, 5) is 16.3. The highest BCUT2D eigenvalue weighted by molar-refractivity contribution is 5.81. The Labute approximate surface area is 163 Å². The number of carbonyl (C=O) groups excluding carboxylic acids is 1. The van der Waals surface area contributed by atoms with Gasteiger partial charge in [-0.3, -0.25) is 9.79 Å². The van der Waals surface area contributed by atoms with Crippen LogP contribution in [-0.4, -0.2) is 44.1 Å². The molecule has 1 atom stereocenters. The van der Waals surface area contributed by atoms with Crippen LogP contribution in [0, 0.1) is 6.92 Å². The van der Waals surface area contributed by atoms with E-state index in [1.54, 1.807) is 7.05 Å². The third kappa shape index (κ3) is 7.89. The average molecular weight is 375 g/mol. The van der Waals surface area contributed by atoms with Crippen molar-refractivity contribution in [2.45, 2.75) is 64.5 Å². The fraction of sp³-hybridized carbons (Fsp3) is 0.619. The number of carbonyl (C=O) groups is 1. The molecular formula is C21H34N4O2. The fourth-order valence-corrected chi connectivity index (χ4v) is 3.25. The molecule has 1 saturated carbocycles. The van der Waals surface area contributed by atoms with E-state index in [0.717, 1.165) is 24.2 Å². The van der Waals surface area contributed by atoms with Gasteiger partial charge < -0.3 is 20.7 Å². The van der Waals surface area contributed by atoms with Crippen LogP contribution in [-0.2, 0) is 4.79 Å². The molecule has 0 heterocycles. The first-order valence-corrected chi connectivity index (χ1v) is 10.0. The standard InChI is InChI=1S/C21H34N4O2/c1-16-9-7-8-12-19(16)27-17(2)15-24-21(22-3)23-14-13-20(26)25-18-10-5-4-6-11-18/h7-9,12,17-18H,4-6,10-11,13-15H2,1-3H3,(H,25,26)(H2,22,23,24). The highest BCUT2D eigenvalue weighted by Gasteiger charge is 2.15. The molecule has 0 saturated heterocycles. The molecule has 1 aromatic carbocycles. The molecule has 0 spiro atoms. The number of ether oxygens (including phenoxy) is 1. The van der Waals surface area contributed by atoms with E-state index in [9.17, 15) is 4.79 Å². The Morgan fingerprint density at radius 1 is 1.22 bits per heavy atom. The zero-order valence-corrected chi connectivity index (χ0v) is 16.9. The Balaban J connectivity index is 1.63. The summed E-state index contributed by atoms with van der Waals surface area (Å²) < 4.78 is 5.96. The molecule has 150 valence electrons. The summed E-state index contributed by atoms with van der Waals surface area (Å²) in [6.45, 7) is 5.24. The zero-order chi connectivity index (χ0) is 19.5. The van der Waals surface area contributed by atoms with Crippen LogP contribution in [0.5, 0.6) is 5.75 Å². The minimum atomic E-state index is -0.000694. The van der Waals surface area contributed by atoms with E-state index in [4.69, 9.17) is 4.74 Å². The molecule has 1 fully saturated rings. The summed E-state index contributed by atoms with van der Waals surface area (Å²) in [6.07, 6.45) is 6.42. The summed E-state index contributed by atoms with van der Waals surface area (Å²) in [5.41, 5.74) is 1.12. The van der Waals surface area contributed by atoms with Crippen molar-refractivity contribution in [2.75, 3.05) is 20.1 Å². The van der Waals surface area contributed by atoms with Crippen LogP contribution in [0.1, 0.15) is 51.0 Å². The maximum absolute atomic E-state index is 12.1. The predicted octanol–water partition coefficient (Wildman–Crippen LogP) is 2.77. The topological polar surface area (TPSA) is 74.8 Å². The third-order valence-corrected chi connectivity index (χ3v) is 4.82. The molecule has 0 aromatic heterocycles. The lowest BCUT2D eigenvalue weighted by Crippen LogP contribution is -2.43. The van der Waals surface area contributed by atoms with Crippen molar-refractivity contribution in [2.24, 2.45) is 4.99 Å². The molecule has 1 amide bonds. The number of rotatable bonds is 8. The van der Waals surface area contributed by atoms with Crippen LogP contribution in [0.3, 0.4) is 0 Å². The molecule has 0 bridgehead atoms. The van der Waals surface area contributed by atoms with Crippen LogP contribution in [0.15, 0.2) is 29.3 Å². The summed E-state index contributed by atoms with van der Waals surface area (Å²) in [6, 6.07) is 8.35. The van der Waals surface area contributed by atoms with Gasteiger partial charge in [0.25, 0.3) is 0 Å². The molecule has 1 unspecified atom stereocenters. The molecule has 6 heteroatoms.